The van der Waals surface area contributed by atoms with Gasteiger partial charge in [0.15, 0.2) is 0 Å². The number of hydrogen-bond acceptors (Lipinski definition) is 2. The van der Waals surface area contributed by atoms with Gasteiger partial charge in [-0.3, -0.25) is 4.79 Å². The Labute approximate surface area is 195 Å². The summed E-state index contributed by atoms with van der Waals surface area (Å²) in [6.45, 7) is 0.658. The summed E-state index contributed by atoms with van der Waals surface area (Å²) in [5.74, 6) is 0.625. The van der Waals surface area contributed by atoms with E-state index in [-0.39, 0.29) is 18.6 Å². The number of alkyl halides is 3. The smallest absolute Gasteiger partial charge is 0.416 e. The van der Waals surface area contributed by atoms with Crippen LogP contribution in [0.1, 0.15) is 40.0 Å². The number of nitrogens with zero attached hydrogens (tertiary/aromatic N) is 1. The van der Waals surface area contributed by atoms with E-state index >= 15 is 0 Å². The lowest BCUT2D eigenvalue weighted by atomic mass is 10.1. The number of benzene rings is 3. The van der Waals surface area contributed by atoms with Crippen molar-refractivity contribution in [2.75, 3.05) is 0 Å². The van der Waals surface area contributed by atoms with Gasteiger partial charge in [-0.25, -0.2) is 0 Å². The molecule has 0 atom stereocenters. The number of nitrogens with one attached hydrogen (secondary N) is 1. The minimum atomic E-state index is -4.37. The third-order valence-corrected chi connectivity index (χ3v) is 5.91. The third kappa shape index (κ3) is 4.93. The number of halogens is 3. The van der Waals surface area contributed by atoms with E-state index < -0.39 is 11.7 Å². The summed E-state index contributed by atoms with van der Waals surface area (Å²) in [5, 5.41) is 3.87. The molecule has 0 aliphatic heterocycles. The van der Waals surface area contributed by atoms with Crippen molar-refractivity contribution in [2.45, 2.75) is 38.2 Å². The average Bonchev–Trinajstić information content (AvgIpc) is 3.58. The molecule has 0 radical (unpaired) electrons. The number of carbonyl (C=O) groups excluding carboxylic acids is 1. The van der Waals surface area contributed by atoms with Gasteiger partial charge in [-0.1, -0.05) is 30.3 Å². The van der Waals surface area contributed by atoms with Crippen LogP contribution in [-0.2, 0) is 19.3 Å². The van der Waals surface area contributed by atoms with Crippen molar-refractivity contribution in [1.82, 2.24) is 9.88 Å². The zero-order valence-electron chi connectivity index (χ0n) is 18.3. The van der Waals surface area contributed by atoms with Crippen LogP contribution in [0, 0.1) is 0 Å². The van der Waals surface area contributed by atoms with Crippen LogP contribution in [0.15, 0.2) is 78.9 Å². The molecule has 0 saturated heterocycles. The lowest BCUT2D eigenvalue weighted by Crippen LogP contribution is -2.25. The Morgan fingerprint density at radius 1 is 0.971 bits per heavy atom. The molecular weight excluding hydrogens is 441 g/mol. The zero-order valence-corrected chi connectivity index (χ0v) is 18.3. The second kappa shape index (κ2) is 8.89. The largest absolute Gasteiger partial charge is 0.487 e. The predicted molar refractivity (Wildman–Crippen MR) is 124 cm³/mol. The number of fused-ring (bicyclic) bond motifs is 1. The fourth-order valence-corrected chi connectivity index (χ4v) is 3.93. The summed E-state index contributed by atoms with van der Waals surface area (Å²) < 4.78 is 46.9. The summed E-state index contributed by atoms with van der Waals surface area (Å²) in [6.07, 6.45) is -2.35. The average molecular weight is 464 g/mol. The number of ether oxygens (including phenoxy) is 1. The highest BCUT2D eigenvalue weighted by Gasteiger charge is 2.30. The van der Waals surface area contributed by atoms with Gasteiger partial charge in [0.05, 0.1) is 11.3 Å². The van der Waals surface area contributed by atoms with Crippen LogP contribution in [0.4, 0.5) is 13.2 Å². The van der Waals surface area contributed by atoms with E-state index in [0.717, 1.165) is 52.9 Å². The summed E-state index contributed by atoms with van der Waals surface area (Å²) >= 11 is 0. The zero-order chi connectivity index (χ0) is 23.7. The molecule has 1 fully saturated rings. The number of aromatic nitrogens is 1. The van der Waals surface area contributed by atoms with Crippen molar-refractivity contribution in [2.24, 2.45) is 0 Å². The van der Waals surface area contributed by atoms with Crippen LogP contribution >= 0.6 is 0 Å². The summed E-state index contributed by atoms with van der Waals surface area (Å²) in [5.41, 5.74) is 2.39. The van der Waals surface area contributed by atoms with E-state index in [0.29, 0.717) is 12.1 Å². The molecule has 3 aromatic carbocycles. The molecule has 7 heteroatoms. The Balaban J connectivity index is 1.46. The maximum Gasteiger partial charge on any atom is 0.416 e. The number of hydrogen-bond donors (Lipinski definition) is 1. The first-order valence-corrected chi connectivity index (χ1v) is 11.1. The molecule has 5 rings (SSSR count). The molecule has 1 aliphatic rings. The topological polar surface area (TPSA) is 43.3 Å². The van der Waals surface area contributed by atoms with Gasteiger partial charge in [0.2, 0.25) is 0 Å². The Morgan fingerprint density at radius 3 is 2.38 bits per heavy atom. The van der Waals surface area contributed by atoms with Crippen LogP contribution in [0.3, 0.4) is 0 Å². The molecule has 1 N–H and O–H groups in total. The highest BCUT2D eigenvalue weighted by Crippen LogP contribution is 2.30. The van der Waals surface area contributed by atoms with Crippen molar-refractivity contribution in [3.8, 4) is 5.75 Å². The van der Waals surface area contributed by atoms with E-state index in [2.05, 4.69) is 5.32 Å². The highest BCUT2D eigenvalue weighted by molar-refractivity contribution is 5.98. The Morgan fingerprint density at radius 2 is 1.71 bits per heavy atom. The standard InChI is InChI=1S/C27H23F3N2O2/c28-27(29,30)21-9-6-18(7-10-21)16-32-23(17-34-24-4-2-1-3-5-24)15-20-14-19(8-13-25(20)32)26(33)31-22-11-12-22/h1-10,13-15,22H,11-12,16-17H2,(H,31,33). The second-order valence-electron chi connectivity index (χ2n) is 8.54. The molecule has 0 unspecified atom stereocenters. The maximum absolute atomic E-state index is 13.0. The first kappa shape index (κ1) is 22.1. The minimum absolute atomic E-state index is 0.0954. The molecule has 1 aliphatic carbocycles. The minimum Gasteiger partial charge on any atom is -0.487 e. The van der Waals surface area contributed by atoms with Crippen molar-refractivity contribution in [1.29, 1.82) is 0 Å². The lowest BCUT2D eigenvalue weighted by molar-refractivity contribution is -0.137. The number of amides is 1. The highest BCUT2D eigenvalue weighted by atomic mass is 19.4. The van der Waals surface area contributed by atoms with Gasteiger partial charge in [-0.2, -0.15) is 13.2 Å². The molecule has 0 spiro atoms. The molecule has 174 valence electrons. The first-order chi connectivity index (χ1) is 16.4. The molecule has 1 aromatic heterocycles. The summed E-state index contributed by atoms with van der Waals surface area (Å²) in [7, 11) is 0. The molecule has 1 amide bonds. The first-order valence-electron chi connectivity index (χ1n) is 11.1. The second-order valence-corrected chi connectivity index (χ2v) is 8.54. The normalized spacial score (nSPS) is 13.7. The van der Waals surface area contributed by atoms with E-state index in [1.165, 1.54) is 12.1 Å². The predicted octanol–water partition coefficient (Wildman–Crippen LogP) is 6.18. The van der Waals surface area contributed by atoms with Crippen LogP contribution in [0.25, 0.3) is 10.9 Å². The van der Waals surface area contributed by atoms with Gasteiger partial charge in [-0.05, 0) is 66.9 Å². The summed E-state index contributed by atoms with van der Waals surface area (Å²) in [6, 6.07) is 22.3. The molecule has 4 nitrogen and oxygen atoms in total. The van der Waals surface area contributed by atoms with Crippen LogP contribution in [0.5, 0.6) is 5.75 Å². The van der Waals surface area contributed by atoms with E-state index in [9.17, 15) is 18.0 Å². The van der Waals surface area contributed by atoms with Gasteiger partial charge in [0.1, 0.15) is 12.4 Å². The van der Waals surface area contributed by atoms with E-state index in [1.54, 1.807) is 6.07 Å². The van der Waals surface area contributed by atoms with Gasteiger partial charge >= 0.3 is 6.18 Å². The SMILES string of the molecule is O=C(NC1CC1)c1ccc2c(c1)cc(COc1ccccc1)n2Cc1ccc(C(F)(F)F)cc1. The lowest BCUT2D eigenvalue weighted by Gasteiger charge is -2.13. The maximum atomic E-state index is 13.0. The summed E-state index contributed by atoms with van der Waals surface area (Å²) in [4.78, 5) is 12.5. The number of para-hydroxylation sites is 1. The van der Waals surface area contributed by atoms with Gasteiger partial charge < -0.3 is 14.6 Å². The Bertz CT molecular complexity index is 1310. The molecule has 4 aromatic rings. The monoisotopic (exact) mass is 464 g/mol. The van der Waals surface area contributed by atoms with Crippen molar-refractivity contribution in [3.05, 3.63) is 101 Å². The van der Waals surface area contributed by atoms with Gasteiger partial charge in [0, 0.05) is 29.1 Å². The fourth-order valence-electron chi connectivity index (χ4n) is 3.93. The molecule has 1 saturated carbocycles. The van der Waals surface area contributed by atoms with E-state index in [1.807, 2.05) is 53.1 Å². The quantitative estimate of drug-likeness (QED) is 0.355. The van der Waals surface area contributed by atoms with Crippen LogP contribution < -0.4 is 10.1 Å². The van der Waals surface area contributed by atoms with Crippen molar-refractivity contribution >= 4 is 16.8 Å². The fraction of sp³-hybridized carbons (Fsp3) is 0.222. The Kier molecular flexibility index (Phi) is 5.77. The number of rotatable bonds is 7. The Hall–Kier alpha value is -3.74. The third-order valence-electron chi connectivity index (χ3n) is 5.91. The number of carbonyl (C=O) groups is 1. The molecule has 0 bridgehead atoms. The van der Waals surface area contributed by atoms with Gasteiger partial charge in [0.25, 0.3) is 5.91 Å². The molecule has 1 heterocycles. The van der Waals surface area contributed by atoms with Crippen molar-refractivity contribution < 1.29 is 22.7 Å². The van der Waals surface area contributed by atoms with Crippen LogP contribution in [-0.4, -0.2) is 16.5 Å². The van der Waals surface area contributed by atoms with Gasteiger partial charge in [-0.15, -0.1) is 0 Å². The van der Waals surface area contributed by atoms with E-state index in [4.69, 9.17) is 4.74 Å². The molecular formula is C27H23F3N2O2. The van der Waals surface area contributed by atoms with Crippen LogP contribution in [0.2, 0.25) is 0 Å². The van der Waals surface area contributed by atoms with Crippen molar-refractivity contribution in [3.63, 3.8) is 0 Å². The molecule has 34 heavy (non-hydrogen) atoms.